The molecule has 5 heteroatoms. The number of anilines is 1. The molecule has 0 aliphatic carbocycles. The van der Waals surface area contributed by atoms with Crippen LogP contribution < -0.4 is 5.73 Å². The first-order valence-corrected chi connectivity index (χ1v) is 6.82. The van der Waals surface area contributed by atoms with Gasteiger partial charge in [0.25, 0.3) is 5.91 Å². The van der Waals surface area contributed by atoms with E-state index in [2.05, 4.69) is 0 Å². The number of aryl methyl sites for hydroxylation is 1. The van der Waals surface area contributed by atoms with Gasteiger partial charge in [-0.15, -0.1) is 0 Å². The standard InChI is InChI=1S/C16H16ClFN2O/c1-10-7-12(19)8-13(15(10)18)16(21)20(2)9-11-5-3-4-6-14(11)17/h3-8H,9,19H2,1-2H3. The van der Waals surface area contributed by atoms with Gasteiger partial charge in [0.05, 0.1) is 5.56 Å². The van der Waals surface area contributed by atoms with E-state index >= 15 is 0 Å². The Kier molecular flexibility index (Phi) is 4.48. The zero-order chi connectivity index (χ0) is 15.6. The molecule has 1 amide bonds. The molecule has 0 saturated carbocycles. The number of carbonyl (C=O) groups excluding carboxylic acids is 1. The number of nitrogen functional groups attached to an aromatic ring is 1. The maximum atomic E-state index is 14.1. The Morgan fingerprint density at radius 3 is 2.67 bits per heavy atom. The predicted molar refractivity (Wildman–Crippen MR) is 82.8 cm³/mol. The molecule has 110 valence electrons. The van der Waals surface area contributed by atoms with Gasteiger partial charge < -0.3 is 10.6 Å². The molecule has 2 N–H and O–H groups in total. The minimum atomic E-state index is -0.541. The third kappa shape index (κ3) is 3.34. The minimum Gasteiger partial charge on any atom is -0.399 e. The highest BCUT2D eigenvalue weighted by atomic mass is 35.5. The van der Waals surface area contributed by atoms with Crippen molar-refractivity contribution in [1.29, 1.82) is 0 Å². The van der Waals surface area contributed by atoms with Crippen LogP contribution in [-0.2, 0) is 6.54 Å². The molecular formula is C16H16ClFN2O. The van der Waals surface area contributed by atoms with Crippen LogP contribution in [0.3, 0.4) is 0 Å². The molecule has 21 heavy (non-hydrogen) atoms. The molecule has 3 nitrogen and oxygen atoms in total. The maximum Gasteiger partial charge on any atom is 0.256 e. The maximum absolute atomic E-state index is 14.1. The van der Waals surface area contributed by atoms with Gasteiger partial charge in [0.15, 0.2) is 0 Å². The summed E-state index contributed by atoms with van der Waals surface area (Å²) in [6.45, 7) is 1.88. The fourth-order valence-electron chi connectivity index (χ4n) is 2.11. The van der Waals surface area contributed by atoms with Gasteiger partial charge in [-0.1, -0.05) is 29.8 Å². The van der Waals surface area contributed by atoms with Crippen LogP contribution in [0.15, 0.2) is 36.4 Å². The lowest BCUT2D eigenvalue weighted by Crippen LogP contribution is -2.27. The van der Waals surface area contributed by atoms with Crippen LogP contribution in [0, 0.1) is 12.7 Å². The normalized spacial score (nSPS) is 10.5. The van der Waals surface area contributed by atoms with Gasteiger partial charge in [-0.05, 0) is 36.2 Å². The summed E-state index contributed by atoms with van der Waals surface area (Å²) >= 11 is 6.07. The SMILES string of the molecule is Cc1cc(N)cc(C(=O)N(C)Cc2ccccc2Cl)c1F. The second-order valence-corrected chi connectivity index (χ2v) is 5.36. The van der Waals surface area contributed by atoms with E-state index in [1.165, 1.54) is 17.0 Å². The summed E-state index contributed by atoms with van der Waals surface area (Å²) in [4.78, 5) is 13.8. The molecule has 0 aliphatic heterocycles. The van der Waals surface area contributed by atoms with Crippen molar-refractivity contribution in [2.45, 2.75) is 13.5 Å². The molecule has 0 radical (unpaired) electrons. The summed E-state index contributed by atoms with van der Waals surface area (Å²) in [5.41, 5.74) is 7.18. The molecule has 0 bridgehead atoms. The largest absolute Gasteiger partial charge is 0.399 e. The number of carbonyl (C=O) groups is 1. The first kappa shape index (κ1) is 15.3. The van der Waals surface area contributed by atoms with Crippen LogP contribution >= 0.6 is 11.6 Å². The fraction of sp³-hybridized carbons (Fsp3) is 0.188. The molecule has 0 aliphatic rings. The summed E-state index contributed by atoms with van der Waals surface area (Å²) in [5, 5.41) is 0.571. The average Bonchev–Trinajstić information content (AvgIpc) is 2.44. The van der Waals surface area contributed by atoms with Crippen molar-refractivity contribution >= 4 is 23.2 Å². The van der Waals surface area contributed by atoms with E-state index in [0.717, 1.165) is 5.56 Å². The van der Waals surface area contributed by atoms with Crippen LogP contribution in [0.2, 0.25) is 5.02 Å². The molecule has 0 unspecified atom stereocenters. The highest BCUT2D eigenvalue weighted by Crippen LogP contribution is 2.21. The topological polar surface area (TPSA) is 46.3 Å². The lowest BCUT2D eigenvalue weighted by Gasteiger charge is -2.19. The van der Waals surface area contributed by atoms with Crippen molar-refractivity contribution in [3.05, 3.63) is 63.9 Å². The molecule has 0 saturated heterocycles. The first-order chi connectivity index (χ1) is 9.90. The number of benzene rings is 2. The second kappa shape index (κ2) is 6.14. The molecule has 2 aromatic rings. The Labute approximate surface area is 128 Å². The van der Waals surface area contributed by atoms with Crippen molar-refractivity contribution in [3.8, 4) is 0 Å². The Morgan fingerprint density at radius 1 is 1.33 bits per heavy atom. The number of nitrogens with two attached hydrogens (primary N) is 1. The lowest BCUT2D eigenvalue weighted by atomic mass is 10.1. The Morgan fingerprint density at radius 2 is 2.00 bits per heavy atom. The van der Waals surface area contributed by atoms with E-state index < -0.39 is 11.7 Å². The molecular weight excluding hydrogens is 291 g/mol. The Bertz CT molecular complexity index is 688. The van der Waals surface area contributed by atoms with Gasteiger partial charge in [-0.3, -0.25) is 4.79 Å². The molecule has 0 fully saturated rings. The zero-order valence-corrected chi connectivity index (χ0v) is 12.6. The smallest absolute Gasteiger partial charge is 0.256 e. The summed E-state index contributed by atoms with van der Waals surface area (Å²) in [7, 11) is 1.60. The highest BCUT2D eigenvalue weighted by Gasteiger charge is 2.19. The van der Waals surface area contributed by atoms with Gasteiger partial charge >= 0.3 is 0 Å². The van der Waals surface area contributed by atoms with Crippen molar-refractivity contribution in [2.24, 2.45) is 0 Å². The summed E-state index contributed by atoms with van der Waals surface area (Å²) in [6, 6.07) is 10.1. The van der Waals surface area contributed by atoms with Gasteiger partial charge in [-0.2, -0.15) is 0 Å². The van der Waals surface area contributed by atoms with Crippen LogP contribution in [0.5, 0.6) is 0 Å². The van der Waals surface area contributed by atoms with E-state index in [1.54, 1.807) is 20.0 Å². The van der Waals surface area contributed by atoms with E-state index in [0.29, 0.717) is 22.8 Å². The molecule has 0 atom stereocenters. The average molecular weight is 307 g/mol. The number of amides is 1. The quantitative estimate of drug-likeness (QED) is 0.880. The van der Waals surface area contributed by atoms with Crippen molar-refractivity contribution in [3.63, 3.8) is 0 Å². The van der Waals surface area contributed by atoms with E-state index in [-0.39, 0.29) is 5.56 Å². The third-order valence-corrected chi connectivity index (χ3v) is 3.59. The summed E-state index contributed by atoms with van der Waals surface area (Å²) in [6.07, 6.45) is 0. The van der Waals surface area contributed by atoms with Gasteiger partial charge in [-0.25, -0.2) is 4.39 Å². The minimum absolute atomic E-state index is 0.0259. The first-order valence-electron chi connectivity index (χ1n) is 6.44. The number of rotatable bonds is 3. The van der Waals surface area contributed by atoms with Gasteiger partial charge in [0.2, 0.25) is 0 Å². The van der Waals surface area contributed by atoms with E-state index in [9.17, 15) is 9.18 Å². The number of hydrogen-bond donors (Lipinski definition) is 1. The van der Waals surface area contributed by atoms with Crippen LogP contribution in [0.4, 0.5) is 10.1 Å². The van der Waals surface area contributed by atoms with Crippen LogP contribution in [0.1, 0.15) is 21.5 Å². The summed E-state index contributed by atoms with van der Waals surface area (Å²) in [5.74, 6) is -0.969. The van der Waals surface area contributed by atoms with Crippen LogP contribution in [0.25, 0.3) is 0 Å². The molecule has 0 aromatic heterocycles. The van der Waals surface area contributed by atoms with Gasteiger partial charge in [0.1, 0.15) is 5.82 Å². The lowest BCUT2D eigenvalue weighted by molar-refractivity contribution is 0.0780. The number of halogens is 2. The molecule has 2 rings (SSSR count). The number of nitrogens with zero attached hydrogens (tertiary/aromatic N) is 1. The van der Waals surface area contributed by atoms with Crippen molar-refractivity contribution in [1.82, 2.24) is 4.90 Å². The third-order valence-electron chi connectivity index (χ3n) is 3.22. The van der Waals surface area contributed by atoms with Crippen molar-refractivity contribution < 1.29 is 9.18 Å². The van der Waals surface area contributed by atoms with E-state index in [4.69, 9.17) is 17.3 Å². The highest BCUT2D eigenvalue weighted by molar-refractivity contribution is 6.31. The zero-order valence-electron chi connectivity index (χ0n) is 11.9. The van der Waals surface area contributed by atoms with Crippen LogP contribution in [-0.4, -0.2) is 17.9 Å². The monoisotopic (exact) mass is 306 g/mol. The predicted octanol–water partition coefficient (Wildman–Crippen LogP) is 3.64. The molecule has 0 heterocycles. The molecule has 2 aromatic carbocycles. The van der Waals surface area contributed by atoms with Crippen molar-refractivity contribution in [2.75, 3.05) is 12.8 Å². The fourth-order valence-corrected chi connectivity index (χ4v) is 2.31. The number of hydrogen-bond acceptors (Lipinski definition) is 2. The van der Waals surface area contributed by atoms with Gasteiger partial charge in [0, 0.05) is 24.3 Å². The second-order valence-electron chi connectivity index (χ2n) is 4.95. The summed E-state index contributed by atoms with van der Waals surface area (Å²) < 4.78 is 14.1. The Balaban J connectivity index is 2.26. The van der Waals surface area contributed by atoms with E-state index in [1.807, 2.05) is 18.2 Å². The Hall–Kier alpha value is -2.07. The molecule has 0 spiro atoms.